The summed E-state index contributed by atoms with van der Waals surface area (Å²) in [6.07, 6.45) is 0. The van der Waals surface area contributed by atoms with Crippen molar-refractivity contribution in [3.63, 3.8) is 0 Å². The van der Waals surface area contributed by atoms with Crippen molar-refractivity contribution in [2.24, 2.45) is 0 Å². The number of carbonyl (C=O) groups is 1. The minimum Gasteiger partial charge on any atom is -0.494 e. The highest BCUT2D eigenvalue weighted by molar-refractivity contribution is 6.31. The summed E-state index contributed by atoms with van der Waals surface area (Å²) in [5, 5.41) is 5.56. The highest BCUT2D eigenvalue weighted by atomic mass is 35.5. The first kappa shape index (κ1) is 17.3. The van der Waals surface area contributed by atoms with E-state index in [9.17, 15) is 4.79 Å². The van der Waals surface area contributed by atoms with Gasteiger partial charge in [-0.3, -0.25) is 4.79 Å². The van der Waals surface area contributed by atoms with Crippen LogP contribution < -0.4 is 15.4 Å². The van der Waals surface area contributed by atoms with Crippen LogP contribution in [-0.4, -0.2) is 19.1 Å². The Balaban J connectivity index is 1.84. The number of quaternary nitrogens is 1. The molecular formula is C18H22ClN2O2+. The van der Waals surface area contributed by atoms with Gasteiger partial charge < -0.3 is 15.4 Å². The minimum atomic E-state index is -0.0481. The smallest absolute Gasteiger partial charge is 0.279 e. The molecule has 1 atom stereocenters. The molecule has 1 amide bonds. The lowest BCUT2D eigenvalue weighted by Crippen LogP contribution is -2.86. The van der Waals surface area contributed by atoms with Crippen LogP contribution in [0.1, 0.15) is 25.5 Å². The zero-order valence-electron chi connectivity index (χ0n) is 13.4. The first-order valence-electron chi connectivity index (χ1n) is 7.70. The first-order valence-corrected chi connectivity index (χ1v) is 8.08. The number of rotatable bonds is 7. The SMILES string of the molecule is CCOc1ccc(NC(=O)C[NH2+][C@@H](C)c2ccccc2Cl)cc1. The summed E-state index contributed by atoms with van der Waals surface area (Å²) in [6.45, 7) is 4.93. The molecule has 0 aliphatic rings. The van der Waals surface area contributed by atoms with E-state index in [0.29, 0.717) is 13.2 Å². The third kappa shape index (κ3) is 5.27. The Morgan fingerprint density at radius 3 is 2.57 bits per heavy atom. The van der Waals surface area contributed by atoms with Gasteiger partial charge in [-0.1, -0.05) is 29.8 Å². The number of hydrogen-bond acceptors (Lipinski definition) is 2. The third-order valence-electron chi connectivity index (χ3n) is 3.50. The summed E-state index contributed by atoms with van der Waals surface area (Å²) in [5.74, 6) is 0.748. The Kier molecular flexibility index (Phi) is 6.44. The molecule has 0 aliphatic heterocycles. The number of nitrogens with one attached hydrogen (secondary N) is 1. The van der Waals surface area contributed by atoms with Gasteiger partial charge in [-0.05, 0) is 44.2 Å². The number of nitrogens with two attached hydrogens (primary N) is 1. The van der Waals surface area contributed by atoms with E-state index in [4.69, 9.17) is 16.3 Å². The predicted octanol–water partition coefficient (Wildman–Crippen LogP) is 3.00. The van der Waals surface area contributed by atoms with E-state index in [1.165, 1.54) is 0 Å². The molecule has 0 heterocycles. The second-order valence-electron chi connectivity index (χ2n) is 5.26. The topological polar surface area (TPSA) is 54.9 Å². The highest BCUT2D eigenvalue weighted by Crippen LogP contribution is 2.19. The largest absolute Gasteiger partial charge is 0.494 e. The molecule has 2 aromatic carbocycles. The van der Waals surface area contributed by atoms with Gasteiger partial charge in [0.05, 0.1) is 6.61 Å². The van der Waals surface area contributed by atoms with Crippen molar-refractivity contribution in [2.45, 2.75) is 19.9 Å². The Labute approximate surface area is 141 Å². The molecule has 0 aliphatic carbocycles. The van der Waals surface area contributed by atoms with Crippen LogP contribution in [0.5, 0.6) is 5.75 Å². The standard InChI is InChI=1S/C18H21ClN2O2/c1-3-23-15-10-8-14(9-11-15)21-18(22)12-20-13(2)16-6-4-5-7-17(16)19/h4-11,13,20H,3,12H2,1-2H3,(H,21,22)/p+1/t13-/m0/s1. The van der Waals surface area contributed by atoms with Crippen molar-refractivity contribution < 1.29 is 14.8 Å². The van der Waals surface area contributed by atoms with Crippen molar-refractivity contribution in [1.82, 2.24) is 0 Å². The van der Waals surface area contributed by atoms with Crippen LogP contribution in [0.25, 0.3) is 0 Å². The maximum Gasteiger partial charge on any atom is 0.279 e. The lowest BCUT2D eigenvalue weighted by Gasteiger charge is -2.12. The molecule has 122 valence electrons. The molecule has 0 aromatic heterocycles. The van der Waals surface area contributed by atoms with Crippen molar-refractivity contribution in [3.05, 3.63) is 59.1 Å². The van der Waals surface area contributed by atoms with Crippen molar-refractivity contribution in [1.29, 1.82) is 0 Å². The zero-order valence-corrected chi connectivity index (χ0v) is 14.1. The molecule has 4 nitrogen and oxygen atoms in total. The van der Waals surface area contributed by atoms with Crippen molar-refractivity contribution in [2.75, 3.05) is 18.5 Å². The van der Waals surface area contributed by atoms with E-state index in [1.807, 2.05) is 67.7 Å². The monoisotopic (exact) mass is 333 g/mol. The fourth-order valence-corrected chi connectivity index (χ4v) is 2.58. The zero-order chi connectivity index (χ0) is 16.7. The van der Waals surface area contributed by atoms with Crippen molar-refractivity contribution >= 4 is 23.2 Å². The summed E-state index contributed by atoms with van der Waals surface area (Å²) in [4.78, 5) is 12.0. The van der Waals surface area contributed by atoms with Crippen LogP contribution in [0.4, 0.5) is 5.69 Å². The van der Waals surface area contributed by atoms with E-state index < -0.39 is 0 Å². The number of hydrogen-bond donors (Lipinski definition) is 2. The number of anilines is 1. The van der Waals surface area contributed by atoms with Crippen LogP contribution >= 0.6 is 11.6 Å². The second-order valence-corrected chi connectivity index (χ2v) is 5.66. The molecule has 0 saturated heterocycles. The molecule has 2 aromatic rings. The normalized spacial score (nSPS) is 11.8. The lowest BCUT2D eigenvalue weighted by molar-refractivity contribution is -0.682. The average Bonchev–Trinajstić information content (AvgIpc) is 2.55. The Morgan fingerprint density at radius 1 is 1.22 bits per heavy atom. The summed E-state index contributed by atoms with van der Waals surface area (Å²) in [6, 6.07) is 15.2. The van der Waals surface area contributed by atoms with Gasteiger partial charge in [-0.2, -0.15) is 0 Å². The quantitative estimate of drug-likeness (QED) is 0.818. The molecule has 0 unspecified atom stereocenters. The summed E-state index contributed by atoms with van der Waals surface area (Å²) in [7, 11) is 0. The van der Waals surface area contributed by atoms with Gasteiger partial charge in [0.1, 0.15) is 11.8 Å². The van der Waals surface area contributed by atoms with E-state index in [2.05, 4.69) is 5.32 Å². The fourth-order valence-electron chi connectivity index (χ4n) is 2.27. The molecule has 0 radical (unpaired) electrons. The number of halogens is 1. The van der Waals surface area contributed by atoms with Crippen LogP contribution in [0.15, 0.2) is 48.5 Å². The molecule has 2 rings (SSSR count). The summed E-state index contributed by atoms with van der Waals surface area (Å²) >= 11 is 6.17. The highest BCUT2D eigenvalue weighted by Gasteiger charge is 2.14. The van der Waals surface area contributed by atoms with Gasteiger partial charge in [0.2, 0.25) is 0 Å². The van der Waals surface area contributed by atoms with Crippen LogP contribution in [0, 0.1) is 0 Å². The van der Waals surface area contributed by atoms with Crippen LogP contribution in [-0.2, 0) is 4.79 Å². The predicted molar refractivity (Wildman–Crippen MR) is 92.9 cm³/mol. The average molecular weight is 334 g/mol. The molecule has 0 bridgehead atoms. The third-order valence-corrected chi connectivity index (χ3v) is 3.85. The van der Waals surface area contributed by atoms with Gasteiger partial charge in [0, 0.05) is 16.3 Å². The Hall–Kier alpha value is -2.04. The number of amides is 1. The molecule has 0 fully saturated rings. The molecular weight excluding hydrogens is 312 g/mol. The van der Waals surface area contributed by atoms with E-state index in [1.54, 1.807) is 0 Å². The van der Waals surface area contributed by atoms with Gasteiger partial charge >= 0.3 is 0 Å². The molecule has 3 N–H and O–H groups in total. The van der Waals surface area contributed by atoms with E-state index in [0.717, 1.165) is 22.0 Å². The maximum absolute atomic E-state index is 12.0. The number of benzene rings is 2. The fraction of sp³-hybridized carbons (Fsp3) is 0.278. The first-order chi connectivity index (χ1) is 11.1. The maximum atomic E-state index is 12.0. The van der Waals surface area contributed by atoms with E-state index in [-0.39, 0.29) is 11.9 Å². The van der Waals surface area contributed by atoms with Crippen LogP contribution in [0.2, 0.25) is 5.02 Å². The van der Waals surface area contributed by atoms with Gasteiger partial charge in [-0.25, -0.2) is 0 Å². The van der Waals surface area contributed by atoms with Gasteiger partial charge in [0.25, 0.3) is 5.91 Å². The van der Waals surface area contributed by atoms with Crippen LogP contribution in [0.3, 0.4) is 0 Å². The number of ether oxygens (including phenoxy) is 1. The van der Waals surface area contributed by atoms with E-state index >= 15 is 0 Å². The Morgan fingerprint density at radius 2 is 1.91 bits per heavy atom. The molecule has 5 heteroatoms. The molecule has 23 heavy (non-hydrogen) atoms. The van der Waals surface area contributed by atoms with Crippen molar-refractivity contribution in [3.8, 4) is 5.75 Å². The summed E-state index contributed by atoms with van der Waals surface area (Å²) in [5.41, 5.74) is 1.79. The number of carbonyl (C=O) groups excluding carboxylic acids is 1. The second kappa shape index (κ2) is 8.56. The minimum absolute atomic E-state index is 0.0481. The Bertz CT molecular complexity index is 644. The van der Waals surface area contributed by atoms with Gasteiger partial charge in [-0.15, -0.1) is 0 Å². The summed E-state index contributed by atoms with van der Waals surface area (Å²) < 4.78 is 5.37. The molecule has 0 spiro atoms. The molecule has 0 saturated carbocycles. The lowest BCUT2D eigenvalue weighted by atomic mass is 10.1. The van der Waals surface area contributed by atoms with Gasteiger partial charge in [0.15, 0.2) is 6.54 Å².